The molecule has 0 radical (unpaired) electrons. The van der Waals surface area contributed by atoms with Gasteiger partial charge in [-0.25, -0.2) is 0 Å². The Kier molecular flexibility index (Phi) is 4.89. The minimum Gasteiger partial charge on any atom is -0.344 e. The van der Waals surface area contributed by atoms with Gasteiger partial charge in [0.15, 0.2) is 0 Å². The maximum atomic E-state index is 12.6. The van der Waals surface area contributed by atoms with Crippen LogP contribution in [0.5, 0.6) is 0 Å². The number of aryl methyl sites for hydroxylation is 2. The van der Waals surface area contributed by atoms with Gasteiger partial charge in [0.1, 0.15) is 5.69 Å². The van der Waals surface area contributed by atoms with E-state index in [1.807, 2.05) is 19.9 Å². The summed E-state index contributed by atoms with van der Waals surface area (Å²) < 4.78 is 1.78. The molecule has 1 aliphatic carbocycles. The van der Waals surface area contributed by atoms with Crippen molar-refractivity contribution in [2.45, 2.75) is 58.5 Å². The Bertz CT molecular complexity index is 485. The van der Waals surface area contributed by atoms with Gasteiger partial charge < -0.3 is 5.32 Å². The summed E-state index contributed by atoms with van der Waals surface area (Å²) in [5, 5.41) is 8.44. The van der Waals surface area contributed by atoms with E-state index in [2.05, 4.69) is 33.3 Å². The van der Waals surface area contributed by atoms with Gasteiger partial charge in [-0.3, -0.25) is 9.48 Å². The van der Waals surface area contributed by atoms with E-state index in [4.69, 9.17) is 0 Å². The van der Waals surface area contributed by atoms with Crippen molar-refractivity contribution in [3.05, 3.63) is 17.5 Å². The van der Waals surface area contributed by atoms with Gasteiger partial charge in [-0.15, -0.1) is 0 Å². The standard InChI is InChI=1S/C15H24BrN3O/c1-4-19-13(8-12(3)18-19)14(20)17-15(10-16)7-5-6-11(2)9-15/h8,11H,4-7,9-10H2,1-3H3,(H,17,20). The van der Waals surface area contributed by atoms with Crippen LogP contribution in [-0.2, 0) is 6.54 Å². The highest BCUT2D eigenvalue weighted by atomic mass is 79.9. The topological polar surface area (TPSA) is 46.9 Å². The summed E-state index contributed by atoms with van der Waals surface area (Å²) in [6.07, 6.45) is 4.53. The Morgan fingerprint density at radius 3 is 3.00 bits per heavy atom. The zero-order valence-electron chi connectivity index (χ0n) is 12.6. The third kappa shape index (κ3) is 3.25. The summed E-state index contributed by atoms with van der Waals surface area (Å²) in [5.41, 5.74) is 1.45. The molecule has 2 unspecified atom stereocenters. The van der Waals surface area contributed by atoms with Crippen molar-refractivity contribution in [3.8, 4) is 0 Å². The highest BCUT2D eigenvalue weighted by Gasteiger charge is 2.36. The van der Waals surface area contributed by atoms with Gasteiger partial charge in [-0.2, -0.15) is 5.10 Å². The van der Waals surface area contributed by atoms with Crippen molar-refractivity contribution < 1.29 is 4.79 Å². The Labute approximate surface area is 129 Å². The molecule has 1 amide bonds. The number of carbonyl (C=O) groups is 1. The summed E-state index contributed by atoms with van der Waals surface area (Å²) in [4.78, 5) is 12.6. The molecule has 1 aromatic rings. The third-order valence-electron chi connectivity index (χ3n) is 4.16. The first-order valence-electron chi connectivity index (χ1n) is 7.42. The van der Waals surface area contributed by atoms with Crippen molar-refractivity contribution >= 4 is 21.8 Å². The van der Waals surface area contributed by atoms with Gasteiger partial charge in [0.25, 0.3) is 5.91 Å². The Balaban J connectivity index is 2.16. The Morgan fingerprint density at radius 1 is 1.65 bits per heavy atom. The second-order valence-electron chi connectivity index (χ2n) is 6.06. The monoisotopic (exact) mass is 341 g/mol. The summed E-state index contributed by atoms with van der Waals surface area (Å²) in [5.74, 6) is 0.667. The number of hydrogen-bond acceptors (Lipinski definition) is 2. The van der Waals surface area contributed by atoms with Crippen LogP contribution in [-0.4, -0.2) is 26.6 Å². The highest BCUT2D eigenvalue weighted by molar-refractivity contribution is 9.09. The van der Waals surface area contributed by atoms with Crippen molar-refractivity contribution in [2.24, 2.45) is 5.92 Å². The van der Waals surface area contributed by atoms with Gasteiger partial charge >= 0.3 is 0 Å². The first-order chi connectivity index (χ1) is 9.49. The molecule has 20 heavy (non-hydrogen) atoms. The van der Waals surface area contributed by atoms with Crippen LogP contribution in [0.2, 0.25) is 0 Å². The molecule has 0 spiro atoms. The molecule has 1 saturated carbocycles. The van der Waals surface area contributed by atoms with Crippen molar-refractivity contribution in [1.82, 2.24) is 15.1 Å². The quantitative estimate of drug-likeness (QED) is 0.854. The van der Waals surface area contributed by atoms with Crippen LogP contribution >= 0.6 is 15.9 Å². The van der Waals surface area contributed by atoms with Gasteiger partial charge in [0.05, 0.1) is 11.2 Å². The minimum atomic E-state index is -0.106. The average Bonchev–Trinajstić information content (AvgIpc) is 2.80. The van der Waals surface area contributed by atoms with E-state index >= 15 is 0 Å². The second-order valence-corrected chi connectivity index (χ2v) is 6.62. The SMILES string of the molecule is CCn1nc(C)cc1C(=O)NC1(CBr)CCCC(C)C1. The molecule has 0 aliphatic heterocycles. The molecule has 0 aromatic carbocycles. The number of nitrogens with one attached hydrogen (secondary N) is 1. The first-order valence-corrected chi connectivity index (χ1v) is 8.55. The molecule has 0 bridgehead atoms. The summed E-state index contributed by atoms with van der Waals surface area (Å²) in [7, 11) is 0. The molecule has 4 nitrogen and oxygen atoms in total. The molecule has 0 saturated heterocycles. The lowest BCUT2D eigenvalue weighted by molar-refractivity contribution is 0.0858. The molecule has 2 rings (SSSR count). The fourth-order valence-corrected chi connectivity index (χ4v) is 3.85. The van der Waals surface area contributed by atoms with Crippen molar-refractivity contribution in [2.75, 3.05) is 5.33 Å². The zero-order valence-corrected chi connectivity index (χ0v) is 14.2. The summed E-state index contributed by atoms with van der Waals surface area (Å²) in [6.45, 7) is 6.91. The first kappa shape index (κ1) is 15.5. The maximum absolute atomic E-state index is 12.6. The summed E-state index contributed by atoms with van der Waals surface area (Å²) >= 11 is 3.60. The lowest BCUT2D eigenvalue weighted by Gasteiger charge is -2.39. The number of rotatable bonds is 4. The van der Waals surface area contributed by atoms with Crippen molar-refractivity contribution in [3.63, 3.8) is 0 Å². The minimum absolute atomic E-state index is 0.000926. The van der Waals surface area contributed by atoms with E-state index in [9.17, 15) is 4.79 Å². The number of alkyl halides is 1. The Hall–Kier alpha value is -0.840. The number of carbonyl (C=O) groups excluding carboxylic acids is 1. The normalized spacial score (nSPS) is 26.5. The van der Waals surface area contributed by atoms with E-state index in [0.717, 1.165) is 23.9 Å². The molecule has 112 valence electrons. The molecule has 1 N–H and O–H groups in total. The lowest BCUT2D eigenvalue weighted by Crippen LogP contribution is -2.52. The molecule has 5 heteroatoms. The number of nitrogens with zero attached hydrogens (tertiary/aromatic N) is 2. The zero-order chi connectivity index (χ0) is 14.8. The molecule has 1 heterocycles. The molecule has 1 fully saturated rings. The predicted octanol–water partition coefficient (Wildman–Crippen LogP) is 3.29. The molecule has 1 aromatic heterocycles. The third-order valence-corrected chi connectivity index (χ3v) is 5.23. The maximum Gasteiger partial charge on any atom is 0.270 e. The number of hydrogen-bond donors (Lipinski definition) is 1. The van der Waals surface area contributed by atoms with Crippen molar-refractivity contribution in [1.29, 1.82) is 0 Å². The largest absolute Gasteiger partial charge is 0.344 e. The van der Waals surface area contributed by atoms with Crippen LogP contribution in [0.1, 0.15) is 55.7 Å². The van der Waals surface area contributed by atoms with Gasteiger partial charge in [-0.1, -0.05) is 35.7 Å². The van der Waals surface area contributed by atoms with Crippen LogP contribution in [0.4, 0.5) is 0 Å². The Morgan fingerprint density at radius 2 is 2.40 bits per heavy atom. The molecular weight excluding hydrogens is 318 g/mol. The van der Waals surface area contributed by atoms with E-state index in [1.165, 1.54) is 12.8 Å². The van der Waals surface area contributed by atoms with Gasteiger partial charge in [-0.05, 0) is 38.7 Å². The highest BCUT2D eigenvalue weighted by Crippen LogP contribution is 2.33. The summed E-state index contributed by atoms with van der Waals surface area (Å²) in [6, 6.07) is 1.87. The van der Waals surface area contributed by atoms with Crippen LogP contribution < -0.4 is 5.32 Å². The van der Waals surface area contributed by atoms with Gasteiger partial charge in [0, 0.05) is 11.9 Å². The number of halogens is 1. The number of amides is 1. The van der Waals surface area contributed by atoms with E-state index in [-0.39, 0.29) is 11.4 Å². The smallest absolute Gasteiger partial charge is 0.270 e. The predicted molar refractivity (Wildman–Crippen MR) is 84.3 cm³/mol. The molecular formula is C15H24BrN3O. The van der Waals surface area contributed by atoms with Gasteiger partial charge in [0.2, 0.25) is 0 Å². The number of aromatic nitrogens is 2. The molecule has 1 aliphatic rings. The second kappa shape index (κ2) is 6.29. The average molecular weight is 342 g/mol. The fourth-order valence-electron chi connectivity index (χ4n) is 3.20. The van der Waals surface area contributed by atoms with E-state index in [0.29, 0.717) is 18.2 Å². The van der Waals surface area contributed by atoms with Crippen LogP contribution in [0.15, 0.2) is 6.07 Å². The fraction of sp³-hybridized carbons (Fsp3) is 0.733. The van der Waals surface area contributed by atoms with Crippen LogP contribution in [0.25, 0.3) is 0 Å². The molecule has 2 atom stereocenters. The van der Waals surface area contributed by atoms with E-state index < -0.39 is 0 Å². The van der Waals surface area contributed by atoms with Crippen LogP contribution in [0, 0.1) is 12.8 Å². The lowest BCUT2D eigenvalue weighted by atomic mass is 9.77. The van der Waals surface area contributed by atoms with Crippen LogP contribution in [0.3, 0.4) is 0 Å². The van der Waals surface area contributed by atoms with E-state index in [1.54, 1.807) is 4.68 Å².